The molecule has 6 rings (SSSR count). The summed E-state index contributed by atoms with van der Waals surface area (Å²) in [7, 11) is 3.91. The molecule has 262 valence electrons. The predicted molar refractivity (Wildman–Crippen MR) is 183 cm³/mol. The van der Waals surface area contributed by atoms with Crippen molar-refractivity contribution in [3.63, 3.8) is 0 Å². The summed E-state index contributed by atoms with van der Waals surface area (Å²) in [5.41, 5.74) is 8.01. The van der Waals surface area contributed by atoms with E-state index in [4.69, 9.17) is 5.73 Å². The second-order valence-corrected chi connectivity index (χ2v) is 16.7. The van der Waals surface area contributed by atoms with Crippen molar-refractivity contribution in [2.75, 3.05) is 33.7 Å². The molecule has 10 nitrogen and oxygen atoms in total. The molecule has 0 bridgehead atoms. The van der Waals surface area contributed by atoms with Crippen molar-refractivity contribution in [2.24, 2.45) is 46.2 Å². The van der Waals surface area contributed by atoms with Crippen LogP contribution >= 0.6 is 0 Å². The first-order valence-electron chi connectivity index (χ1n) is 18.7. The Morgan fingerprint density at radius 2 is 1.87 bits per heavy atom. The molecule has 47 heavy (non-hydrogen) atoms. The highest BCUT2D eigenvalue weighted by atomic mass is 16.2. The molecule has 10 heteroatoms. The van der Waals surface area contributed by atoms with Crippen molar-refractivity contribution in [1.29, 1.82) is 0 Å². The number of rotatable bonds is 11. The van der Waals surface area contributed by atoms with Gasteiger partial charge < -0.3 is 31.2 Å². The van der Waals surface area contributed by atoms with Crippen molar-refractivity contribution < 1.29 is 14.4 Å². The standard InChI is InChI=1S/C37H61N7O3/c1-36-15-6-5-7-24(36)8-11-28-29-12-9-25(37(29,2)16-14-30(28)36)10-13-33(45)42-27-20-32(34(46)40-17-18-43(3)4)44(22-27)35(47)31(38)19-26-21-39-23-41-26/h21,23-25,27-32H,5-20,22,38H2,1-4H3,(H,39,41)(H,40,46)(H,42,45)/t24?,25?,27-,28?,29?,30?,31?,32-,36-,37+/m0/s1. The summed E-state index contributed by atoms with van der Waals surface area (Å²) in [4.78, 5) is 50.9. The van der Waals surface area contributed by atoms with Gasteiger partial charge in [0.2, 0.25) is 17.7 Å². The summed E-state index contributed by atoms with van der Waals surface area (Å²) in [6, 6.07) is -1.73. The maximum Gasteiger partial charge on any atom is 0.242 e. The molecule has 0 aromatic carbocycles. The summed E-state index contributed by atoms with van der Waals surface area (Å²) in [5.74, 6) is 3.68. The van der Waals surface area contributed by atoms with Crippen molar-refractivity contribution in [2.45, 2.75) is 122 Å². The zero-order chi connectivity index (χ0) is 33.3. The minimum absolute atomic E-state index is 0.0359. The van der Waals surface area contributed by atoms with Gasteiger partial charge in [0.25, 0.3) is 0 Å². The summed E-state index contributed by atoms with van der Waals surface area (Å²) >= 11 is 0. The Bertz CT molecular complexity index is 1250. The van der Waals surface area contributed by atoms with Gasteiger partial charge >= 0.3 is 0 Å². The first-order valence-corrected chi connectivity index (χ1v) is 18.7. The normalized spacial score (nSPS) is 37.1. The maximum atomic E-state index is 13.5. The average molecular weight is 652 g/mol. The topological polar surface area (TPSA) is 136 Å². The van der Waals surface area contributed by atoms with Crippen LogP contribution in [0.25, 0.3) is 0 Å². The molecule has 1 aliphatic heterocycles. The Kier molecular flexibility index (Phi) is 10.4. The van der Waals surface area contributed by atoms with E-state index in [1.165, 1.54) is 64.2 Å². The molecular formula is C37H61N7O3. The van der Waals surface area contributed by atoms with Crippen LogP contribution in [-0.4, -0.2) is 89.3 Å². The number of nitrogens with zero attached hydrogens (tertiary/aromatic N) is 3. The zero-order valence-corrected chi connectivity index (χ0v) is 29.4. The SMILES string of the molecule is CN(C)CCNC(=O)[C@@H]1C[C@H](NC(=O)CCC2CCC3C4CCC5CCCC[C@]5(C)C4CC[C@]23C)CN1C(=O)C(N)Cc1cnc[nH]1. The fourth-order valence-corrected chi connectivity index (χ4v) is 11.4. The number of amides is 3. The van der Waals surface area contributed by atoms with E-state index in [0.29, 0.717) is 55.6 Å². The molecule has 1 saturated heterocycles. The minimum atomic E-state index is -0.802. The molecular weight excluding hydrogens is 590 g/mol. The highest BCUT2D eigenvalue weighted by molar-refractivity contribution is 5.91. The number of aromatic amines is 1. The first-order chi connectivity index (χ1) is 22.5. The van der Waals surface area contributed by atoms with E-state index in [0.717, 1.165) is 35.8 Å². The van der Waals surface area contributed by atoms with Gasteiger partial charge in [-0.2, -0.15) is 0 Å². The van der Waals surface area contributed by atoms with Gasteiger partial charge in [-0.25, -0.2) is 4.98 Å². The van der Waals surface area contributed by atoms with Crippen LogP contribution in [-0.2, 0) is 20.8 Å². The number of carbonyl (C=O) groups is 3. The van der Waals surface area contributed by atoms with E-state index in [2.05, 4.69) is 34.4 Å². The van der Waals surface area contributed by atoms with Gasteiger partial charge in [0.1, 0.15) is 6.04 Å². The van der Waals surface area contributed by atoms with Crippen LogP contribution < -0.4 is 16.4 Å². The lowest BCUT2D eigenvalue weighted by atomic mass is 9.45. The van der Waals surface area contributed by atoms with E-state index in [1.807, 2.05) is 19.0 Å². The molecule has 3 amide bonds. The van der Waals surface area contributed by atoms with Crippen LogP contribution in [0.15, 0.2) is 12.5 Å². The molecule has 10 atom stereocenters. The van der Waals surface area contributed by atoms with E-state index in [1.54, 1.807) is 17.4 Å². The number of likely N-dealkylation sites (N-methyl/N-ethyl adjacent to an activating group) is 1. The number of nitrogens with one attached hydrogen (secondary N) is 3. The van der Waals surface area contributed by atoms with Crippen molar-refractivity contribution >= 4 is 17.7 Å². The molecule has 0 radical (unpaired) electrons. The summed E-state index contributed by atoms with van der Waals surface area (Å²) in [6.45, 7) is 6.69. The second-order valence-electron chi connectivity index (χ2n) is 16.7. The molecule has 6 unspecified atom stereocenters. The lowest BCUT2D eigenvalue weighted by Crippen LogP contribution is -2.52. The number of imidazole rings is 1. The van der Waals surface area contributed by atoms with Crippen LogP contribution in [0.1, 0.15) is 103 Å². The fraction of sp³-hybridized carbons (Fsp3) is 0.838. The third-order valence-electron chi connectivity index (χ3n) is 13.9. The second kappa shape index (κ2) is 14.2. The van der Waals surface area contributed by atoms with E-state index in [-0.39, 0.29) is 23.8 Å². The van der Waals surface area contributed by atoms with E-state index >= 15 is 0 Å². The molecule has 5 aliphatic rings. The Hall–Kier alpha value is -2.46. The van der Waals surface area contributed by atoms with Gasteiger partial charge in [0.15, 0.2) is 0 Å². The molecule has 2 heterocycles. The monoisotopic (exact) mass is 651 g/mol. The van der Waals surface area contributed by atoms with Crippen molar-refractivity contribution in [3.05, 3.63) is 18.2 Å². The van der Waals surface area contributed by atoms with Gasteiger partial charge in [-0.05, 0) is 119 Å². The molecule has 5 N–H and O–H groups in total. The number of hydrogen-bond acceptors (Lipinski definition) is 6. The highest BCUT2D eigenvalue weighted by Crippen LogP contribution is 2.67. The summed E-state index contributed by atoms with van der Waals surface area (Å²) < 4.78 is 0. The van der Waals surface area contributed by atoms with Crippen LogP contribution in [0, 0.1) is 40.4 Å². The Labute approximate surface area is 282 Å². The van der Waals surface area contributed by atoms with Crippen LogP contribution in [0.4, 0.5) is 0 Å². The number of nitrogens with two attached hydrogens (primary N) is 1. The Morgan fingerprint density at radius 3 is 2.64 bits per heavy atom. The highest BCUT2D eigenvalue weighted by Gasteiger charge is 2.59. The Balaban J connectivity index is 1.04. The van der Waals surface area contributed by atoms with Crippen LogP contribution in [0.3, 0.4) is 0 Å². The van der Waals surface area contributed by atoms with Crippen molar-refractivity contribution in [3.8, 4) is 0 Å². The number of fused-ring (bicyclic) bond motifs is 5. The average Bonchev–Trinajstić information content (AvgIpc) is 3.78. The van der Waals surface area contributed by atoms with Gasteiger partial charge in [0, 0.05) is 50.4 Å². The lowest BCUT2D eigenvalue weighted by Gasteiger charge is -2.60. The molecule has 0 spiro atoms. The third-order valence-corrected chi connectivity index (χ3v) is 13.9. The number of carbonyl (C=O) groups excluding carboxylic acids is 3. The van der Waals surface area contributed by atoms with E-state index < -0.39 is 12.1 Å². The molecule has 1 aromatic rings. The molecule has 5 fully saturated rings. The van der Waals surface area contributed by atoms with E-state index in [9.17, 15) is 14.4 Å². The molecule has 1 aromatic heterocycles. The number of likely N-dealkylation sites (tertiary alicyclic amines) is 1. The predicted octanol–water partition coefficient (Wildman–Crippen LogP) is 3.87. The van der Waals surface area contributed by atoms with Gasteiger partial charge in [-0.15, -0.1) is 0 Å². The largest absolute Gasteiger partial charge is 0.353 e. The quantitative estimate of drug-likeness (QED) is 0.287. The molecule has 4 saturated carbocycles. The fourth-order valence-electron chi connectivity index (χ4n) is 11.4. The van der Waals surface area contributed by atoms with Gasteiger partial charge in [0.05, 0.1) is 12.4 Å². The van der Waals surface area contributed by atoms with Gasteiger partial charge in [-0.3, -0.25) is 14.4 Å². The number of aromatic nitrogens is 2. The number of H-pyrrole nitrogens is 1. The smallest absolute Gasteiger partial charge is 0.242 e. The van der Waals surface area contributed by atoms with Crippen LogP contribution in [0.2, 0.25) is 0 Å². The third kappa shape index (κ3) is 7.01. The van der Waals surface area contributed by atoms with Crippen LogP contribution in [0.5, 0.6) is 0 Å². The summed E-state index contributed by atoms with van der Waals surface area (Å²) in [6.07, 6.45) is 19.2. The zero-order valence-electron chi connectivity index (χ0n) is 29.4. The molecule has 4 aliphatic carbocycles. The summed E-state index contributed by atoms with van der Waals surface area (Å²) in [5, 5.41) is 6.20. The maximum absolute atomic E-state index is 13.5. The first kappa shape index (κ1) is 34.4. The Morgan fingerprint density at radius 1 is 1.06 bits per heavy atom. The lowest BCUT2D eigenvalue weighted by molar-refractivity contribution is -0.139. The van der Waals surface area contributed by atoms with Gasteiger partial charge in [-0.1, -0.05) is 26.7 Å². The minimum Gasteiger partial charge on any atom is -0.353 e. The van der Waals surface area contributed by atoms with Crippen molar-refractivity contribution in [1.82, 2.24) is 30.4 Å². The number of hydrogen-bond donors (Lipinski definition) is 4.